The fourth-order valence-corrected chi connectivity index (χ4v) is 5.30. The minimum atomic E-state index is -0.542. The Morgan fingerprint density at radius 2 is 1.12 bits per heavy atom. The van der Waals surface area contributed by atoms with Gasteiger partial charge in [0.05, 0.1) is 12.1 Å². The van der Waals surface area contributed by atoms with Gasteiger partial charge in [-0.25, -0.2) is 9.59 Å². The molecule has 0 aromatic heterocycles. The molecule has 236 valence electrons. The lowest BCUT2D eigenvalue weighted by Crippen LogP contribution is -2.57. The lowest BCUT2D eigenvalue weighted by atomic mass is 10.00. The Morgan fingerprint density at radius 1 is 0.674 bits per heavy atom. The van der Waals surface area contributed by atoms with Gasteiger partial charge in [-0.05, 0) is 66.5 Å². The van der Waals surface area contributed by atoms with Crippen molar-refractivity contribution in [1.82, 2.24) is 20.0 Å². The van der Waals surface area contributed by atoms with Crippen LogP contribution < -0.4 is 5.32 Å². The maximum atomic E-state index is 12.6. The van der Waals surface area contributed by atoms with Crippen LogP contribution in [0.25, 0.3) is 0 Å². The maximum Gasteiger partial charge on any atom is 0.410 e. The van der Waals surface area contributed by atoms with Gasteiger partial charge in [0.25, 0.3) is 0 Å². The molecule has 3 amide bonds. The molecule has 0 aliphatic carbocycles. The largest absolute Gasteiger partial charge is 0.444 e. The SMILES string of the molecule is CC(=O)N1C[C@H](c2ccccc2)N(C(=O)OC(C)(C)C)C[C@H]1C.C[C@@H]1CN(C(=O)OC(C)(C)C)[C@@H](c2ccccc2)CN1. The van der Waals surface area contributed by atoms with Gasteiger partial charge in [0, 0.05) is 45.2 Å². The molecule has 0 radical (unpaired) electrons. The number of amides is 3. The van der Waals surface area contributed by atoms with E-state index < -0.39 is 11.2 Å². The number of nitrogens with zero attached hydrogens (tertiary/aromatic N) is 3. The maximum absolute atomic E-state index is 12.6. The number of carbonyl (C=O) groups is 3. The van der Waals surface area contributed by atoms with Gasteiger partial charge in [-0.2, -0.15) is 0 Å². The molecule has 1 N–H and O–H groups in total. The molecule has 4 rings (SSSR count). The van der Waals surface area contributed by atoms with Crippen molar-refractivity contribution < 1.29 is 23.9 Å². The summed E-state index contributed by atoms with van der Waals surface area (Å²) < 4.78 is 11.1. The van der Waals surface area contributed by atoms with Gasteiger partial charge in [-0.3, -0.25) is 14.6 Å². The summed E-state index contributed by atoms with van der Waals surface area (Å²) in [6.45, 7) is 19.2. The Morgan fingerprint density at radius 3 is 1.56 bits per heavy atom. The number of piperazine rings is 2. The number of carbonyl (C=O) groups excluding carboxylic acids is 3. The van der Waals surface area contributed by atoms with Crippen LogP contribution in [0.5, 0.6) is 0 Å². The predicted molar refractivity (Wildman–Crippen MR) is 169 cm³/mol. The van der Waals surface area contributed by atoms with Gasteiger partial charge in [0.1, 0.15) is 11.2 Å². The van der Waals surface area contributed by atoms with Crippen molar-refractivity contribution in [1.29, 1.82) is 0 Å². The zero-order valence-electron chi connectivity index (χ0n) is 27.3. The van der Waals surface area contributed by atoms with Crippen LogP contribution in [0.2, 0.25) is 0 Å². The molecule has 0 bridgehead atoms. The summed E-state index contributed by atoms with van der Waals surface area (Å²) in [5.41, 5.74) is 1.14. The Balaban J connectivity index is 0.000000238. The molecule has 2 saturated heterocycles. The zero-order valence-corrected chi connectivity index (χ0v) is 27.3. The summed E-state index contributed by atoms with van der Waals surface area (Å²) in [6.07, 6.45) is -0.568. The summed E-state index contributed by atoms with van der Waals surface area (Å²) in [5.74, 6) is 0.0299. The van der Waals surface area contributed by atoms with Crippen molar-refractivity contribution in [2.45, 2.75) is 97.7 Å². The first-order chi connectivity index (χ1) is 20.1. The molecule has 2 aliphatic rings. The molecular formula is C34H50N4O5. The van der Waals surface area contributed by atoms with Crippen LogP contribution in [0.3, 0.4) is 0 Å². The summed E-state index contributed by atoms with van der Waals surface area (Å²) in [6, 6.07) is 20.0. The quantitative estimate of drug-likeness (QED) is 0.447. The van der Waals surface area contributed by atoms with Crippen LogP contribution in [0.4, 0.5) is 9.59 Å². The van der Waals surface area contributed by atoms with E-state index in [2.05, 4.69) is 24.4 Å². The summed E-state index contributed by atoms with van der Waals surface area (Å²) in [5, 5.41) is 3.43. The highest BCUT2D eigenvalue weighted by Gasteiger charge is 2.38. The van der Waals surface area contributed by atoms with E-state index in [1.165, 1.54) is 0 Å². The third-order valence-corrected chi connectivity index (χ3v) is 7.27. The fourth-order valence-electron chi connectivity index (χ4n) is 5.30. The Kier molecular flexibility index (Phi) is 11.2. The second-order valence-electron chi connectivity index (χ2n) is 13.4. The second kappa shape index (κ2) is 14.3. The van der Waals surface area contributed by atoms with E-state index >= 15 is 0 Å². The van der Waals surface area contributed by atoms with Crippen molar-refractivity contribution in [2.24, 2.45) is 0 Å². The van der Waals surface area contributed by atoms with E-state index in [0.29, 0.717) is 19.6 Å². The second-order valence-corrected chi connectivity index (χ2v) is 13.4. The van der Waals surface area contributed by atoms with E-state index in [4.69, 9.17) is 9.47 Å². The van der Waals surface area contributed by atoms with Crippen molar-refractivity contribution >= 4 is 18.1 Å². The van der Waals surface area contributed by atoms with Crippen molar-refractivity contribution in [3.63, 3.8) is 0 Å². The number of ether oxygens (including phenoxy) is 2. The minimum absolute atomic E-state index is 0.0278. The van der Waals surface area contributed by atoms with E-state index in [9.17, 15) is 14.4 Å². The normalized spacial score (nSPS) is 22.7. The molecule has 43 heavy (non-hydrogen) atoms. The first-order valence-corrected chi connectivity index (χ1v) is 15.2. The summed E-state index contributed by atoms with van der Waals surface area (Å²) in [7, 11) is 0. The molecule has 9 nitrogen and oxygen atoms in total. The lowest BCUT2D eigenvalue weighted by molar-refractivity contribution is -0.135. The number of nitrogens with one attached hydrogen (secondary N) is 1. The highest BCUT2D eigenvalue weighted by atomic mass is 16.6. The smallest absolute Gasteiger partial charge is 0.410 e. The van der Waals surface area contributed by atoms with Gasteiger partial charge in [-0.15, -0.1) is 0 Å². The molecular weight excluding hydrogens is 544 g/mol. The highest BCUT2D eigenvalue weighted by molar-refractivity contribution is 5.75. The van der Waals surface area contributed by atoms with Crippen LogP contribution >= 0.6 is 0 Å². The Bertz CT molecular complexity index is 1210. The minimum Gasteiger partial charge on any atom is -0.444 e. The van der Waals surface area contributed by atoms with Gasteiger partial charge in [0.15, 0.2) is 0 Å². The number of hydrogen-bond donors (Lipinski definition) is 1. The number of benzene rings is 2. The predicted octanol–water partition coefficient (Wildman–Crippen LogP) is 6.17. The number of hydrogen-bond acceptors (Lipinski definition) is 6. The summed E-state index contributed by atoms with van der Waals surface area (Å²) in [4.78, 5) is 42.3. The molecule has 9 heteroatoms. The average Bonchev–Trinajstić information content (AvgIpc) is 2.92. The van der Waals surface area contributed by atoms with Crippen LogP contribution in [0, 0.1) is 0 Å². The molecule has 2 aliphatic heterocycles. The van der Waals surface area contributed by atoms with Gasteiger partial charge < -0.3 is 19.7 Å². The number of rotatable bonds is 2. The standard InChI is InChI=1S/C18H26N2O3.C16H24N2O2/c1-13-11-20(17(22)23-18(3,4)5)16(12-19(13)14(2)21)15-9-7-6-8-10-15;1-12-11-18(15(19)20-16(2,3)4)14(10-17-12)13-8-6-5-7-9-13/h6-10,13,16H,11-12H2,1-5H3;5-9,12,14,17H,10-11H2,1-4H3/t13-,16-;12-,14-/m11/s1. The van der Waals surface area contributed by atoms with Crippen molar-refractivity contribution in [3.8, 4) is 0 Å². The first kappa shape index (κ1) is 33.9. The Hall–Kier alpha value is -3.59. The van der Waals surface area contributed by atoms with Crippen LogP contribution in [-0.4, -0.2) is 82.3 Å². The average molecular weight is 595 g/mol. The molecule has 2 aromatic rings. The monoisotopic (exact) mass is 594 g/mol. The molecule has 4 atom stereocenters. The van der Waals surface area contributed by atoms with E-state index in [0.717, 1.165) is 17.7 Å². The fraction of sp³-hybridized carbons (Fsp3) is 0.559. The molecule has 2 heterocycles. The highest BCUT2D eigenvalue weighted by Crippen LogP contribution is 2.30. The van der Waals surface area contributed by atoms with Gasteiger partial charge in [0.2, 0.25) is 5.91 Å². The third kappa shape index (κ3) is 9.99. The molecule has 0 saturated carbocycles. The van der Waals surface area contributed by atoms with Crippen molar-refractivity contribution in [2.75, 3.05) is 26.2 Å². The van der Waals surface area contributed by atoms with E-state index in [1.807, 2.05) is 107 Å². The van der Waals surface area contributed by atoms with Gasteiger partial charge in [-0.1, -0.05) is 60.7 Å². The molecule has 0 unspecified atom stereocenters. The Labute approximate surface area is 257 Å². The summed E-state index contributed by atoms with van der Waals surface area (Å²) >= 11 is 0. The van der Waals surface area contributed by atoms with Crippen LogP contribution in [0.15, 0.2) is 60.7 Å². The lowest BCUT2D eigenvalue weighted by Gasteiger charge is -2.45. The first-order valence-electron chi connectivity index (χ1n) is 15.2. The van der Waals surface area contributed by atoms with Crippen LogP contribution in [0.1, 0.15) is 85.5 Å². The van der Waals surface area contributed by atoms with Crippen molar-refractivity contribution in [3.05, 3.63) is 71.8 Å². The molecule has 0 spiro atoms. The zero-order chi connectivity index (χ0) is 31.9. The molecule has 2 fully saturated rings. The van der Waals surface area contributed by atoms with E-state index in [-0.39, 0.29) is 42.3 Å². The molecule has 2 aromatic carbocycles. The third-order valence-electron chi connectivity index (χ3n) is 7.27. The van der Waals surface area contributed by atoms with Gasteiger partial charge >= 0.3 is 12.2 Å². The van der Waals surface area contributed by atoms with Crippen LogP contribution in [-0.2, 0) is 14.3 Å². The topological polar surface area (TPSA) is 91.4 Å². The van der Waals surface area contributed by atoms with E-state index in [1.54, 1.807) is 11.8 Å².